The van der Waals surface area contributed by atoms with Crippen molar-refractivity contribution in [3.8, 4) is 0 Å². The van der Waals surface area contributed by atoms with Crippen LogP contribution in [0.5, 0.6) is 0 Å². The number of likely N-dealkylation sites (tertiary alicyclic amines) is 1. The molecule has 1 aliphatic rings. The van der Waals surface area contributed by atoms with Gasteiger partial charge in [0.25, 0.3) is 5.91 Å². The second-order valence-corrected chi connectivity index (χ2v) is 12.2. The lowest BCUT2D eigenvalue weighted by Crippen LogP contribution is -2.64. The van der Waals surface area contributed by atoms with Gasteiger partial charge >= 0.3 is 6.09 Å². The third-order valence-corrected chi connectivity index (χ3v) is 4.22. The van der Waals surface area contributed by atoms with Gasteiger partial charge < -0.3 is 9.16 Å². The van der Waals surface area contributed by atoms with E-state index in [4.69, 9.17) is 9.16 Å². The van der Waals surface area contributed by atoms with E-state index in [-0.39, 0.29) is 5.91 Å². The van der Waals surface area contributed by atoms with Crippen molar-refractivity contribution in [2.45, 2.75) is 58.2 Å². The van der Waals surface area contributed by atoms with Crippen LogP contribution in [-0.2, 0) is 14.0 Å². The summed E-state index contributed by atoms with van der Waals surface area (Å²) in [7, 11) is -1.92. The van der Waals surface area contributed by atoms with Gasteiger partial charge in [0.15, 0.2) is 14.4 Å². The molecule has 0 bridgehead atoms. The zero-order valence-electron chi connectivity index (χ0n) is 14.6. The number of benzene rings is 1. The summed E-state index contributed by atoms with van der Waals surface area (Å²) in [5.74, 6) is -0.324. The molecular weight excluding hydrogens is 310 g/mol. The van der Waals surface area contributed by atoms with Gasteiger partial charge in [-0.1, -0.05) is 30.3 Å². The highest BCUT2D eigenvalue weighted by Crippen LogP contribution is 2.39. The Bertz CT molecular complexity index is 589. The van der Waals surface area contributed by atoms with Crippen LogP contribution in [-0.4, -0.2) is 36.9 Å². The van der Waals surface area contributed by atoms with E-state index in [0.29, 0.717) is 0 Å². The average molecular weight is 335 g/mol. The van der Waals surface area contributed by atoms with Crippen molar-refractivity contribution in [3.63, 3.8) is 0 Å². The highest BCUT2D eigenvalue weighted by molar-refractivity contribution is 6.70. The minimum Gasteiger partial charge on any atom is -0.443 e. The monoisotopic (exact) mass is 335 g/mol. The Hall–Kier alpha value is -1.66. The van der Waals surface area contributed by atoms with E-state index in [0.717, 1.165) is 5.56 Å². The van der Waals surface area contributed by atoms with Gasteiger partial charge in [-0.2, -0.15) is 0 Å². The quantitative estimate of drug-likeness (QED) is 0.624. The van der Waals surface area contributed by atoms with Gasteiger partial charge in [-0.3, -0.25) is 4.79 Å². The first-order valence-electron chi connectivity index (χ1n) is 7.78. The molecule has 0 N–H and O–H groups in total. The van der Waals surface area contributed by atoms with Crippen molar-refractivity contribution in [2.75, 3.05) is 0 Å². The maximum atomic E-state index is 12.5. The average Bonchev–Trinajstić information content (AvgIpc) is 2.39. The first kappa shape index (κ1) is 17.7. The number of β-lactam (4-membered cyclic amide) rings is 1. The number of carbonyl (C=O) groups excluding carboxylic acids is 2. The molecule has 1 aromatic rings. The van der Waals surface area contributed by atoms with Crippen LogP contribution in [0.3, 0.4) is 0 Å². The summed E-state index contributed by atoms with van der Waals surface area (Å²) >= 11 is 0. The Morgan fingerprint density at radius 3 is 2.17 bits per heavy atom. The standard InChI is InChI=1S/C17H25NO4Si/c1-17(2,3)21-16(20)18-13(12-10-8-7-9-11-12)14(15(18)19)22-23(4,5)6/h7-11,13-14H,1-6H3/t13-,14+/m0/s1. The van der Waals surface area contributed by atoms with E-state index in [1.165, 1.54) is 4.90 Å². The van der Waals surface area contributed by atoms with Crippen LogP contribution in [0, 0.1) is 0 Å². The summed E-state index contributed by atoms with van der Waals surface area (Å²) in [5.41, 5.74) is 0.227. The summed E-state index contributed by atoms with van der Waals surface area (Å²) < 4.78 is 11.4. The van der Waals surface area contributed by atoms with Crippen molar-refractivity contribution in [2.24, 2.45) is 0 Å². The maximum Gasteiger partial charge on any atom is 0.417 e. The molecule has 2 rings (SSSR count). The fraction of sp³-hybridized carbons (Fsp3) is 0.529. The van der Waals surface area contributed by atoms with Gasteiger partial charge in [0.1, 0.15) is 11.6 Å². The van der Waals surface area contributed by atoms with Crippen molar-refractivity contribution < 1.29 is 18.8 Å². The van der Waals surface area contributed by atoms with Crippen LogP contribution in [0.4, 0.5) is 4.79 Å². The van der Waals surface area contributed by atoms with Crippen LogP contribution in [0.15, 0.2) is 30.3 Å². The van der Waals surface area contributed by atoms with E-state index >= 15 is 0 Å². The summed E-state index contributed by atoms with van der Waals surface area (Å²) in [6.07, 6.45) is -1.23. The number of imide groups is 1. The third-order valence-electron chi connectivity index (χ3n) is 3.26. The lowest BCUT2D eigenvalue weighted by molar-refractivity contribution is -0.162. The van der Waals surface area contributed by atoms with Gasteiger partial charge in [0, 0.05) is 0 Å². The summed E-state index contributed by atoms with van der Waals surface area (Å²) in [5, 5.41) is 0. The fourth-order valence-electron chi connectivity index (χ4n) is 2.45. The van der Waals surface area contributed by atoms with E-state index in [1.54, 1.807) is 20.8 Å². The lowest BCUT2D eigenvalue weighted by atomic mass is 9.91. The van der Waals surface area contributed by atoms with E-state index in [2.05, 4.69) is 0 Å². The van der Waals surface area contributed by atoms with Crippen molar-refractivity contribution >= 4 is 20.3 Å². The molecule has 0 saturated carbocycles. The highest BCUT2D eigenvalue weighted by Gasteiger charge is 2.54. The van der Waals surface area contributed by atoms with Gasteiger partial charge in [-0.15, -0.1) is 0 Å². The van der Waals surface area contributed by atoms with Crippen LogP contribution >= 0.6 is 0 Å². The molecule has 5 nitrogen and oxygen atoms in total. The molecule has 0 radical (unpaired) electrons. The topological polar surface area (TPSA) is 55.8 Å². The Morgan fingerprint density at radius 1 is 1.13 bits per heavy atom. The molecule has 1 aliphatic heterocycles. The van der Waals surface area contributed by atoms with Crippen molar-refractivity contribution in [3.05, 3.63) is 35.9 Å². The lowest BCUT2D eigenvalue weighted by Gasteiger charge is -2.47. The molecule has 6 heteroatoms. The van der Waals surface area contributed by atoms with Crippen LogP contribution in [0.25, 0.3) is 0 Å². The smallest absolute Gasteiger partial charge is 0.417 e. The molecule has 2 atom stereocenters. The molecule has 1 heterocycles. The predicted octanol–water partition coefficient (Wildman–Crippen LogP) is 3.73. The van der Waals surface area contributed by atoms with Gasteiger partial charge in [0.05, 0.1) is 0 Å². The van der Waals surface area contributed by atoms with Gasteiger partial charge in [-0.05, 0) is 46.0 Å². The maximum absolute atomic E-state index is 12.5. The first-order valence-corrected chi connectivity index (χ1v) is 11.2. The molecule has 1 aromatic carbocycles. The van der Waals surface area contributed by atoms with Crippen molar-refractivity contribution in [1.29, 1.82) is 0 Å². The molecule has 126 valence electrons. The van der Waals surface area contributed by atoms with E-state index < -0.39 is 32.2 Å². The number of hydrogen-bond acceptors (Lipinski definition) is 4. The Balaban J connectivity index is 2.28. The second kappa shape index (κ2) is 6.09. The molecule has 0 aliphatic carbocycles. The molecular formula is C17H25NO4Si. The zero-order chi connectivity index (χ0) is 17.4. The Kier molecular flexibility index (Phi) is 4.68. The Morgan fingerprint density at radius 2 is 1.70 bits per heavy atom. The summed E-state index contributed by atoms with van der Waals surface area (Å²) in [4.78, 5) is 26.0. The minimum absolute atomic E-state index is 0.324. The second-order valence-electron chi connectivity index (χ2n) is 7.69. The summed E-state index contributed by atoms with van der Waals surface area (Å²) in [6.45, 7) is 11.4. The fourth-order valence-corrected chi connectivity index (χ4v) is 3.44. The molecule has 2 amide bonds. The summed E-state index contributed by atoms with van der Waals surface area (Å²) in [6, 6.07) is 9.04. The zero-order valence-corrected chi connectivity index (χ0v) is 15.6. The number of hydrogen-bond donors (Lipinski definition) is 0. The molecule has 0 aromatic heterocycles. The van der Waals surface area contributed by atoms with Gasteiger partial charge in [-0.25, -0.2) is 9.69 Å². The highest BCUT2D eigenvalue weighted by atomic mass is 28.4. The number of rotatable bonds is 3. The Labute approximate surface area is 138 Å². The predicted molar refractivity (Wildman–Crippen MR) is 90.5 cm³/mol. The molecule has 0 spiro atoms. The first-order chi connectivity index (χ1) is 10.5. The molecule has 0 unspecified atom stereocenters. The number of amides is 2. The largest absolute Gasteiger partial charge is 0.443 e. The van der Waals surface area contributed by atoms with Crippen LogP contribution < -0.4 is 0 Å². The molecule has 1 fully saturated rings. The van der Waals surface area contributed by atoms with Crippen molar-refractivity contribution in [1.82, 2.24) is 4.90 Å². The number of carbonyl (C=O) groups is 2. The number of ether oxygens (including phenoxy) is 1. The van der Waals surface area contributed by atoms with E-state index in [1.807, 2.05) is 50.0 Å². The number of nitrogens with zero attached hydrogens (tertiary/aromatic N) is 1. The normalized spacial score (nSPS) is 21.8. The van der Waals surface area contributed by atoms with Crippen LogP contribution in [0.1, 0.15) is 32.4 Å². The minimum atomic E-state index is -1.92. The molecule has 23 heavy (non-hydrogen) atoms. The van der Waals surface area contributed by atoms with E-state index in [9.17, 15) is 9.59 Å². The van der Waals surface area contributed by atoms with Gasteiger partial charge in [0.2, 0.25) is 0 Å². The SMILES string of the molecule is CC(C)(C)OC(=O)N1C(=O)[C@H](O[Si](C)(C)C)[C@@H]1c1ccccc1. The van der Waals surface area contributed by atoms with Crippen LogP contribution in [0.2, 0.25) is 19.6 Å². The molecule has 1 saturated heterocycles. The third kappa shape index (κ3) is 4.20.